The number of benzene rings is 2. The molecule has 6 rings (SSSR count). The van der Waals surface area contributed by atoms with Gasteiger partial charge in [-0.2, -0.15) is 0 Å². The highest BCUT2D eigenvalue weighted by Crippen LogP contribution is 2.52. The lowest BCUT2D eigenvalue weighted by Crippen LogP contribution is -2.44. The maximum Gasteiger partial charge on any atom is 0.268 e. The molecule has 1 amide bonds. The average molecular weight is 425 g/mol. The molecule has 2 aromatic carbocycles. The Hall–Kier alpha value is -2.97. The Bertz CT molecular complexity index is 1080. The first-order valence-electron chi connectivity index (χ1n) is 10.6. The fraction of sp³-hybridized carbons (Fsp3) is 0.435. The smallest absolute Gasteiger partial charge is 0.268 e. The molecule has 4 aliphatic heterocycles. The van der Waals surface area contributed by atoms with Crippen LogP contribution in [0.3, 0.4) is 0 Å². The van der Waals surface area contributed by atoms with Gasteiger partial charge in [-0.05, 0) is 30.5 Å². The van der Waals surface area contributed by atoms with E-state index in [1.54, 1.807) is 23.1 Å². The first-order chi connectivity index (χ1) is 15.1. The minimum absolute atomic E-state index is 0.102. The quantitative estimate of drug-likeness (QED) is 0.775. The second-order valence-corrected chi connectivity index (χ2v) is 8.35. The van der Waals surface area contributed by atoms with Crippen molar-refractivity contribution in [1.29, 1.82) is 0 Å². The molecule has 4 aliphatic rings. The van der Waals surface area contributed by atoms with E-state index in [0.29, 0.717) is 67.9 Å². The molecule has 31 heavy (non-hydrogen) atoms. The fourth-order valence-electron chi connectivity index (χ4n) is 4.95. The standard InChI is InChI=1S/C23H23NO7/c25-18-11-19-13(3-5-29-19)8-16(18)23(27)15-9-20-21(31-7-6-30-20)10-17(15)24(22(23)26)12-14-2-1-4-28-14/h8-11,14,25,27H,1-7,12H2. The number of aromatic hydroxyl groups is 1. The third kappa shape index (κ3) is 2.71. The first kappa shape index (κ1) is 18.8. The maximum atomic E-state index is 13.7. The Morgan fingerprint density at radius 1 is 0.968 bits per heavy atom. The molecule has 1 fully saturated rings. The topological polar surface area (TPSA) is 97.7 Å². The van der Waals surface area contributed by atoms with Gasteiger partial charge in [0.1, 0.15) is 24.7 Å². The third-order valence-electron chi connectivity index (χ3n) is 6.50. The molecule has 0 aliphatic carbocycles. The molecule has 0 saturated carbocycles. The maximum absolute atomic E-state index is 13.7. The lowest BCUT2D eigenvalue weighted by atomic mass is 9.85. The summed E-state index contributed by atoms with van der Waals surface area (Å²) in [4.78, 5) is 15.3. The molecule has 4 heterocycles. The van der Waals surface area contributed by atoms with Crippen LogP contribution in [0.2, 0.25) is 0 Å². The van der Waals surface area contributed by atoms with Crippen molar-refractivity contribution in [2.45, 2.75) is 31.0 Å². The van der Waals surface area contributed by atoms with Crippen molar-refractivity contribution < 1.29 is 34.0 Å². The van der Waals surface area contributed by atoms with Crippen molar-refractivity contribution in [3.63, 3.8) is 0 Å². The Labute approximate surface area is 178 Å². The van der Waals surface area contributed by atoms with Crippen LogP contribution in [0.4, 0.5) is 5.69 Å². The number of nitrogens with zero attached hydrogens (tertiary/aromatic N) is 1. The van der Waals surface area contributed by atoms with E-state index in [-0.39, 0.29) is 17.4 Å². The zero-order chi connectivity index (χ0) is 21.2. The van der Waals surface area contributed by atoms with Crippen LogP contribution in [-0.4, -0.2) is 55.2 Å². The summed E-state index contributed by atoms with van der Waals surface area (Å²) in [6.07, 6.45) is 2.34. The summed E-state index contributed by atoms with van der Waals surface area (Å²) in [5, 5.41) is 22.7. The molecule has 0 spiro atoms. The number of hydrogen-bond donors (Lipinski definition) is 2. The van der Waals surface area contributed by atoms with Gasteiger partial charge in [-0.3, -0.25) is 4.79 Å². The molecule has 2 N–H and O–H groups in total. The Balaban J connectivity index is 1.52. The van der Waals surface area contributed by atoms with Gasteiger partial charge in [-0.25, -0.2) is 0 Å². The van der Waals surface area contributed by atoms with Gasteiger partial charge < -0.3 is 34.1 Å². The number of hydrogen-bond acceptors (Lipinski definition) is 7. The zero-order valence-electron chi connectivity index (χ0n) is 16.9. The molecule has 0 radical (unpaired) electrons. The zero-order valence-corrected chi connectivity index (χ0v) is 16.9. The van der Waals surface area contributed by atoms with Crippen LogP contribution in [0.1, 0.15) is 29.5 Å². The molecule has 2 aromatic rings. The van der Waals surface area contributed by atoms with Gasteiger partial charge in [-0.15, -0.1) is 0 Å². The SMILES string of the molecule is O=C1N(CC2CCCO2)c2cc3c(cc2C1(O)c1cc2c(cc1O)OCC2)OCCO3. The number of phenolic OH excluding ortho intramolecular Hbond substituents is 1. The number of phenols is 1. The highest BCUT2D eigenvalue weighted by molar-refractivity contribution is 6.10. The van der Waals surface area contributed by atoms with E-state index >= 15 is 0 Å². The molecular formula is C23H23NO7. The fourth-order valence-corrected chi connectivity index (χ4v) is 4.95. The average Bonchev–Trinajstić information content (AvgIpc) is 3.50. The Morgan fingerprint density at radius 2 is 1.74 bits per heavy atom. The molecule has 0 bridgehead atoms. The molecule has 0 aromatic heterocycles. The van der Waals surface area contributed by atoms with Crippen LogP contribution in [0.15, 0.2) is 24.3 Å². The van der Waals surface area contributed by atoms with Gasteiger partial charge in [0, 0.05) is 36.3 Å². The van der Waals surface area contributed by atoms with Gasteiger partial charge in [0.15, 0.2) is 11.5 Å². The molecule has 8 heteroatoms. The lowest BCUT2D eigenvalue weighted by Gasteiger charge is -2.26. The number of rotatable bonds is 3. The van der Waals surface area contributed by atoms with E-state index in [2.05, 4.69) is 0 Å². The van der Waals surface area contributed by atoms with Gasteiger partial charge in [0.05, 0.1) is 24.9 Å². The lowest BCUT2D eigenvalue weighted by molar-refractivity contribution is -0.132. The van der Waals surface area contributed by atoms with Gasteiger partial charge in [0.25, 0.3) is 5.91 Å². The van der Waals surface area contributed by atoms with Crippen LogP contribution in [0.5, 0.6) is 23.0 Å². The largest absolute Gasteiger partial charge is 0.507 e. The molecule has 1 saturated heterocycles. The predicted octanol–water partition coefficient (Wildman–Crippen LogP) is 1.86. The minimum atomic E-state index is -2.05. The highest BCUT2D eigenvalue weighted by Gasteiger charge is 2.54. The summed E-state index contributed by atoms with van der Waals surface area (Å²) in [5.41, 5.74) is -0.136. The van der Waals surface area contributed by atoms with E-state index < -0.39 is 11.5 Å². The third-order valence-corrected chi connectivity index (χ3v) is 6.50. The normalized spacial score (nSPS) is 26.0. The van der Waals surface area contributed by atoms with Crippen molar-refractivity contribution in [2.75, 3.05) is 37.9 Å². The molecular weight excluding hydrogens is 402 g/mol. The predicted molar refractivity (Wildman–Crippen MR) is 109 cm³/mol. The summed E-state index contributed by atoms with van der Waals surface area (Å²) >= 11 is 0. The van der Waals surface area contributed by atoms with Crippen molar-refractivity contribution in [1.82, 2.24) is 0 Å². The van der Waals surface area contributed by atoms with E-state index in [1.807, 2.05) is 0 Å². The number of carbonyl (C=O) groups excluding carboxylic acids is 1. The summed E-state index contributed by atoms with van der Waals surface area (Å²) in [6, 6.07) is 6.54. The summed E-state index contributed by atoms with van der Waals surface area (Å²) in [6.45, 7) is 2.30. The molecule has 2 unspecified atom stereocenters. The second kappa shape index (κ2) is 6.77. The summed E-state index contributed by atoms with van der Waals surface area (Å²) < 4.78 is 22.7. The van der Waals surface area contributed by atoms with E-state index in [1.165, 1.54) is 6.07 Å². The van der Waals surface area contributed by atoms with Gasteiger partial charge in [0.2, 0.25) is 5.60 Å². The van der Waals surface area contributed by atoms with Crippen molar-refractivity contribution in [2.24, 2.45) is 0 Å². The first-order valence-corrected chi connectivity index (χ1v) is 10.6. The number of carbonyl (C=O) groups is 1. The molecule has 2 atom stereocenters. The highest BCUT2D eigenvalue weighted by atomic mass is 16.6. The summed E-state index contributed by atoms with van der Waals surface area (Å²) in [5.74, 6) is 0.880. The van der Waals surface area contributed by atoms with Crippen molar-refractivity contribution >= 4 is 11.6 Å². The van der Waals surface area contributed by atoms with Crippen LogP contribution >= 0.6 is 0 Å². The summed E-state index contributed by atoms with van der Waals surface area (Å²) in [7, 11) is 0. The second-order valence-electron chi connectivity index (χ2n) is 8.35. The Morgan fingerprint density at radius 3 is 2.52 bits per heavy atom. The number of ether oxygens (including phenoxy) is 4. The molecule has 8 nitrogen and oxygen atoms in total. The number of fused-ring (bicyclic) bond motifs is 3. The van der Waals surface area contributed by atoms with E-state index in [0.717, 1.165) is 18.4 Å². The van der Waals surface area contributed by atoms with Crippen LogP contribution < -0.4 is 19.1 Å². The van der Waals surface area contributed by atoms with E-state index in [4.69, 9.17) is 18.9 Å². The van der Waals surface area contributed by atoms with Crippen LogP contribution in [-0.2, 0) is 21.6 Å². The monoisotopic (exact) mass is 425 g/mol. The molecule has 162 valence electrons. The van der Waals surface area contributed by atoms with Gasteiger partial charge in [-0.1, -0.05) is 0 Å². The number of anilines is 1. The van der Waals surface area contributed by atoms with Crippen molar-refractivity contribution in [3.8, 4) is 23.0 Å². The number of aliphatic hydroxyl groups is 1. The van der Waals surface area contributed by atoms with Gasteiger partial charge >= 0.3 is 0 Å². The van der Waals surface area contributed by atoms with Crippen LogP contribution in [0, 0.1) is 0 Å². The Kier molecular flexibility index (Phi) is 4.10. The van der Waals surface area contributed by atoms with Crippen molar-refractivity contribution in [3.05, 3.63) is 41.0 Å². The number of amides is 1. The van der Waals surface area contributed by atoms with E-state index in [9.17, 15) is 15.0 Å². The minimum Gasteiger partial charge on any atom is -0.507 e. The van der Waals surface area contributed by atoms with Crippen LogP contribution in [0.25, 0.3) is 0 Å².